The zero-order chi connectivity index (χ0) is 21.3. The molecule has 1 aromatic carbocycles. The fraction of sp³-hybridized carbons (Fsp3) is 0.650. The molecule has 0 saturated carbocycles. The maximum Gasteiger partial charge on any atom is 0.387 e. The summed E-state index contributed by atoms with van der Waals surface area (Å²) in [7, 11) is 3.40. The summed E-state index contributed by atoms with van der Waals surface area (Å²) in [6, 6.07) is 3.08. The van der Waals surface area contributed by atoms with Gasteiger partial charge in [-0.25, -0.2) is 0 Å². The standard InChI is InChI=1S/C20H30F2N4O4.HI/c1-23-20(24-11-14-3-5-26(6-4-14)7-8-27-2)25-12-15-9-17-18(29-13-28-17)10-16(15)30-19(21)22;/h9-10,14,19H,3-8,11-13H2,1-2H3,(H2,23,24,25);1H. The van der Waals surface area contributed by atoms with Crippen molar-refractivity contribution >= 4 is 29.9 Å². The number of hydrogen-bond acceptors (Lipinski definition) is 6. The Morgan fingerprint density at radius 3 is 2.58 bits per heavy atom. The number of piperidine rings is 1. The van der Waals surface area contributed by atoms with Crippen molar-refractivity contribution < 1.29 is 27.7 Å². The molecular formula is C20H31F2IN4O4. The van der Waals surface area contributed by atoms with Crippen molar-refractivity contribution in [1.29, 1.82) is 0 Å². The lowest BCUT2D eigenvalue weighted by molar-refractivity contribution is -0.0505. The van der Waals surface area contributed by atoms with Crippen LogP contribution in [0.15, 0.2) is 17.1 Å². The van der Waals surface area contributed by atoms with Gasteiger partial charge in [0.05, 0.1) is 6.61 Å². The van der Waals surface area contributed by atoms with Gasteiger partial charge < -0.3 is 34.5 Å². The Morgan fingerprint density at radius 2 is 1.94 bits per heavy atom. The number of nitrogens with zero attached hydrogens (tertiary/aromatic N) is 2. The van der Waals surface area contributed by atoms with E-state index in [4.69, 9.17) is 14.2 Å². The number of methoxy groups -OCH3 is 1. The van der Waals surface area contributed by atoms with Crippen molar-refractivity contribution in [3.05, 3.63) is 17.7 Å². The van der Waals surface area contributed by atoms with E-state index >= 15 is 0 Å². The molecule has 0 atom stereocenters. The van der Waals surface area contributed by atoms with E-state index in [-0.39, 0.29) is 43.1 Å². The fourth-order valence-electron chi connectivity index (χ4n) is 3.58. The summed E-state index contributed by atoms with van der Waals surface area (Å²) in [6.45, 7) is 2.06. The second kappa shape index (κ2) is 13.1. The summed E-state index contributed by atoms with van der Waals surface area (Å²) in [6.07, 6.45) is 2.23. The summed E-state index contributed by atoms with van der Waals surface area (Å²) < 4.78 is 45.9. The molecule has 0 bridgehead atoms. The predicted octanol–water partition coefficient (Wildman–Crippen LogP) is 2.66. The van der Waals surface area contributed by atoms with Gasteiger partial charge in [-0.2, -0.15) is 8.78 Å². The van der Waals surface area contributed by atoms with Crippen LogP contribution in [0.2, 0.25) is 0 Å². The second-order valence-electron chi connectivity index (χ2n) is 7.28. The highest BCUT2D eigenvalue weighted by Gasteiger charge is 2.21. The minimum Gasteiger partial charge on any atom is -0.454 e. The zero-order valence-corrected chi connectivity index (χ0v) is 20.2. The number of fused-ring (bicyclic) bond motifs is 1. The molecule has 1 fully saturated rings. The first-order valence-corrected chi connectivity index (χ1v) is 10.1. The van der Waals surface area contributed by atoms with E-state index in [1.165, 1.54) is 6.07 Å². The van der Waals surface area contributed by atoms with E-state index < -0.39 is 6.61 Å². The molecule has 31 heavy (non-hydrogen) atoms. The van der Waals surface area contributed by atoms with Crippen molar-refractivity contribution in [2.24, 2.45) is 10.9 Å². The van der Waals surface area contributed by atoms with Crippen LogP contribution >= 0.6 is 24.0 Å². The average Bonchev–Trinajstić information content (AvgIpc) is 3.20. The van der Waals surface area contributed by atoms with Crippen LogP contribution in [0.5, 0.6) is 17.2 Å². The molecule has 3 rings (SSSR count). The highest BCUT2D eigenvalue weighted by atomic mass is 127. The van der Waals surface area contributed by atoms with Gasteiger partial charge in [0.1, 0.15) is 5.75 Å². The molecule has 176 valence electrons. The van der Waals surface area contributed by atoms with Gasteiger partial charge in [0.15, 0.2) is 17.5 Å². The predicted molar refractivity (Wildman–Crippen MR) is 124 cm³/mol. The van der Waals surface area contributed by atoms with Gasteiger partial charge in [0, 0.05) is 45.4 Å². The van der Waals surface area contributed by atoms with E-state index in [1.54, 1.807) is 20.2 Å². The van der Waals surface area contributed by atoms with Crippen LogP contribution in [-0.4, -0.2) is 71.2 Å². The number of guanidine groups is 1. The smallest absolute Gasteiger partial charge is 0.387 e. The molecule has 0 radical (unpaired) electrons. The van der Waals surface area contributed by atoms with Gasteiger partial charge in [0.25, 0.3) is 0 Å². The molecule has 2 aliphatic heterocycles. The molecule has 1 saturated heterocycles. The third-order valence-electron chi connectivity index (χ3n) is 5.32. The lowest BCUT2D eigenvalue weighted by Crippen LogP contribution is -2.43. The Labute approximate surface area is 198 Å². The lowest BCUT2D eigenvalue weighted by atomic mass is 9.97. The van der Waals surface area contributed by atoms with Crippen LogP contribution in [0.4, 0.5) is 8.78 Å². The first-order valence-electron chi connectivity index (χ1n) is 10.1. The van der Waals surface area contributed by atoms with Crippen LogP contribution < -0.4 is 24.8 Å². The summed E-state index contributed by atoms with van der Waals surface area (Å²) in [5.41, 5.74) is 0.536. The first kappa shape index (κ1) is 25.7. The number of ether oxygens (including phenoxy) is 4. The molecule has 1 aromatic rings. The Kier molecular flexibility index (Phi) is 10.8. The molecular weight excluding hydrogens is 525 g/mol. The van der Waals surface area contributed by atoms with E-state index in [9.17, 15) is 8.78 Å². The van der Waals surface area contributed by atoms with Gasteiger partial charge in [-0.15, -0.1) is 24.0 Å². The SMILES string of the molecule is CN=C(NCc1cc2c(cc1OC(F)F)OCO2)NCC1CCN(CCOC)CC1.I. The number of benzene rings is 1. The minimum atomic E-state index is -2.92. The maximum atomic E-state index is 12.8. The van der Waals surface area contributed by atoms with E-state index in [2.05, 4.69) is 25.3 Å². The number of aliphatic imine (C=N–C) groups is 1. The molecule has 2 heterocycles. The highest BCUT2D eigenvalue weighted by Crippen LogP contribution is 2.38. The molecule has 0 spiro atoms. The molecule has 0 unspecified atom stereocenters. The highest BCUT2D eigenvalue weighted by molar-refractivity contribution is 14.0. The largest absolute Gasteiger partial charge is 0.454 e. The van der Waals surface area contributed by atoms with Crippen molar-refractivity contribution in [2.45, 2.75) is 26.0 Å². The van der Waals surface area contributed by atoms with Crippen LogP contribution in [-0.2, 0) is 11.3 Å². The van der Waals surface area contributed by atoms with Gasteiger partial charge in [0.2, 0.25) is 6.79 Å². The molecule has 0 aromatic heterocycles. The lowest BCUT2D eigenvalue weighted by Gasteiger charge is -2.32. The molecule has 0 aliphatic carbocycles. The maximum absolute atomic E-state index is 12.8. The van der Waals surface area contributed by atoms with Crippen molar-refractivity contribution in [2.75, 3.05) is 53.7 Å². The summed E-state index contributed by atoms with van der Waals surface area (Å²) in [5, 5.41) is 6.49. The normalized spacial score (nSPS) is 16.9. The van der Waals surface area contributed by atoms with E-state index in [1.807, 2.05) is 0 Å². The van der Waals surface area contributed by atoms with Gasteiger partial charge in [-0.05, 0) is 37.9 Å². The van der Waals surface area contributed by atoms with E-state index in [0.717, 1.165) is 45.6 Å². The number of rotatable bonds is 9. The van der Waals surface area contributed by atoms with E-state index in [0.29, 0.717) is 28.9 Å². The van der Waals surface area contributed by atoms with Crippen molar-refractivity contribution in [3.63, 3.8) is 0 Å². The number of likely N-dealkylation sites (tertiary alicyclic amines) is 1. The zero-order valence-electron chi connectivity index (χ0n) is 17.9. The Morgan fingerprint density at radius 1 is 1.23 bits per heavy atom. The third-order valence-corrected chi connectivity index (χ3v) is 5.32. The molecule has 8 nitrogen and oxygen atoms in total. The third kappa shape index (κ3) is 7.79. The number of halogens is 3. The molecule has 11 heteroatoms. The topological polar surface area (TPSA) is 76.6 Å². The molecule has 2 N–H and O–H groups in total. The monoisotopic (exact) mass is 556 g/mol. The van der Waals surface area contributed by atoms with Gasteiger partial charge in [-0.1, -0.05) is 0 Å². The first-order chi connectivity index (χ1) is 14.6. The fourth-order valence-corrected chi connectivity index (χ4v) is 3.58. The summed E-state index contributed by atoms with van der Waals surface area (Å²) >= 11 is 0. The van der Waals surface area contributed by atoms with Crippen molar-refractivity contribution in [3.8, 4) is 17.2 Å². The molecule has 2 aliphatic rings. The Bertz CT molecular complexity index is 719. The quantitative estimate of drug-likeness (QED) is 0.275. The second-order valence-corrected chi connectivity index (χ2v) is 7.28. The molecule has 0 amide bonds. The van der Waals surface area contributed by atoms with Crippen LogP contribution in [0.1, 0.15) is 18.4 Å². The number of nitrogens with one attached hydrogen (secondary N) is 2. The van der Waals surface area contributed by atoms with Crippen LogP contribution in [0.25, 0.3) is 0 Å². The minimum absolute atomic E-state index is 0. The number of hydrogen-bond donors (Lipinski definition) is 2. The van der Waals surface area contributed by atoms with Gasteiger partial charge in [-0.3, -0.25) is 4.99 Å². The Hall–Kier alpha value is -1.60. The summed E-state index contributed by atoms with van der Waals surface area (Å²) in [4.78, 5) is 6.64. The average molecular weight is 556 g/mol. The Balaban J connectivity index is 0.00000341. The van der Waals surface area contributed by atoms with Crippen LogP contribution in [0.3, 0.4) is 0 Å². The summed E-state index contributed by atoms with van der Waals surface area (Å²) in [5.74, 6) is 2.13. The number of alkyl halides is 2. The van der Waals surface area contributed by atoms with Crippen molar-refractivity contribution in [1.82, 2.24) is 15.5 Å². The van der Waals surface area contributed by atoms with Crippen LogP contribution in [0, 0.1) is 5.92 Å². The van der Waals surface area contributed by atoms with Gasteiger partial charge >= 0.3 is 6.61 Å².